The summed E-state index contributed by atoms with van der Waals surface area (Å²) in [6.07, 6.45) is 3.84. The van der Waals surface area contributed by atoms with Gasteiger partial charge in [-0.1, -0.05) is 0 Å². The number of nitrogens with one attached hydrogen (secondary N) is 1. The fourth-order valence-electron chi connectivity index (χ4n) is 2.95. The van der Waals surface area contributed by atoms with E-state index in [4.69, 9.17) is 0 Å². The molecule has 0 saturated carbocycles. The molecule has 0 unspecified atom stereocenters. The number of benzene rings is 1. The molecule has 5 nitrogen and oxygen atoms in total. The van der Waals surface area contributed by atoms with Gasteiger partial charge >= 0.3 is 0 Å². The molecule has 0 saturated heterocycles. The Hall–Kier alpha value is -2.87. The highest BCUT2D eigenvalue weighted by atomic mass is 16.1. The van der Waals surface area contributed by atoms with Crippen LogP contribution in [-0.2, 0) is 11.2 Å². The van der Waals surface area contributed by atoms with Gasteiger partial charge in [-0.2, -0.15) is 5.26 Å². The van der Waals surface area contributed by atoms with E-state index in [1.54, 1.807) is 12.3 Å². The van der Waals surface area contributed by atoms with E-state index < -0.39 is 0 Å². The minimum atomic E-state index is -0.153. The second-order valence-electron chi connectivity index (χ2n) is 5.78. The lowest BCUT2D eigenvalue weighted by molar-refractivity contribution is -0.114. The van der Waals surface area contributed by atoms with Gasteiger partial charge in [0.2, 0.25) is 5.91 Å². The lowest BCUT2D eigenvalue weighted by Crippen LogP contribution is -2.24. The molecule has 5 heteroatoms. The van der Waals surface area contributed by atoms with E-state index in [0.29, 0.717) is 11.4 Å². The Morgan fingerprint density at radius 2 is 2.22 bits per heavy atom. The number of rotatable bonds is 2. The first-order valence-corrected chi connectivity index (χ1v) is 7.60. The number of aromatic nitrogens is 1. The van der Waals surface area contributed by atoms with Crippen LogP contribution in [0.2, 0.25) is 0 Å². The Bertz CT molecular complexity index is 790. The van der Waals surface area contributed by atoms with E-state index >= 15 is 0 Å². The number of hydrogen-bond acceptors (Lipinski definition) is 4. The second-order valence-corrected chi connectivity index (χ2v) is 5.78. The van der Waals surface area contributed by atoms with Crippen LogP contribution in [0.4, 0.5) is 11.5 Å². The first kappa shape index (κ1) is 15.0. The Labute approximate surface area is 135 Å². The van der Waals surface area contributed by atoms with Gasteiger partial charge in [0.25, 0.3) is 0 Å². The monoisotopic (exact) mass is 306 g/mol. The van der Waals surface area contributed by atoms with Gasteiger partial charge in [0.05, 0.1) is 11.6 Å². The fourth-order valence-corrected chi connectivity index (χ4v) is 2.95. The fraction of sp³-hybridized carbons (Fsp3) is 0.278. The average molecular weight is 306 g/mol. The Kier molecular flexibility index (Phi) is 3.98. The van der Waals surface area contributed by atoms with Crippen LogP contribution in [0, 0.1) is 11.3 Å². The summed E-state index contributed by atoms with van der Waals surface area (Å²) in [4.78, 5) is 17.5. The quantitative estimate of drug-likeness (QED) is 0.926. The van der Waals surface area contributed by atoms with Gasteiger partial charge in [0.15, 0.2) is 0 Å². The number of hydrogen-bond donors (Lipinski definition) is 1. The molecule has 1 aromatic carbocycles. The molecule has 0 spiro atoms. The van der Waals surface area contributed by atoms with Gasteiger partial charge in [-0.25, -0.2) is 4.98 Å². The standard InChI is InChI=1S/C18H18N4O/c1-12(23)21-18-6-5-14(11-20-18)16-8-13-4-3-7-22(2)17(13)9-15(16)10-19/h5-6,8-9,11H,3-4,7H2,1-2H3,(H,20,21,23). The highest BCUT2D eigenvalue weighted by Crippen LogP contribution is 2.33. The molecule has 0 bridgehead atoms. The molecule has 2 heterocycles. The molecule has 116 valence electrons. The van der Waals surface area contributed by atoms with E-state index in [-0.39, 0.29) is 5.91 Å². The second kappa shape index (κ2) is 6.09. The van der Waals surface area contributed by atoms with Crippen molar-refractivity contribution in [2.45, 2.75) is 19.8 Å². The maximum Gasteiger partial charge on any atom is 0.222 e. The maximum atomic E-state index is 11.1. The van der Waals surface area contributed by atoms with Gasteiger partial charge in [0, 0.05) is 43.5 Å². The average Bonchev–Trinajstić information content (AvgIpc) is 2.54. The van der Waals surface area contributed by atoms with Crippen LogP contribution in [0.25, 0.3) is 11.1 Å². The summed E-state index contributed by atoms with van der Waals surface area (Å²) in [5.74, 6) is 0.359. The summed E-state index contributed by atoms with van der Waals surface area (Å²) in [6.45, 7) is 2.47. The number of aryl methyl sites for hydroxylation is 1. The largest absolute Gasteiger partial charge is 0.374 e. The van der Waals surface area contributed by atoms with E-state index in [1.807, 2.05) is 12.1 Å². The van der Waals surface area contributed by atoms with Crippen LogP contribution in [0.15, 0.2) is 30.5 Å². The van der Waals surface area contributed by atoms with Gasteiger partial charge < -0.3 is 10.2 Å². The molecule has 1 N–H and O–H groups in total. The lowest BCUT2D eigenvalue weighted by atomic mass is 9.93. The number of nitrogens with zero attached hydrogens (tertiary/aromatic N) is 3. The van der Waals surface area contributed by atoms with E-state index in [2.05, 4.69) is 34.4 Å². The summed E-state index contributed by atoms with van der Waals surface area (Å²) in [6, 6.07) is 9.98. The van der Waals surface area contributed by atoms with Crippen LogP contribution in [0.3, 0.4) is 0 Å². The van der Waals surface area contributed by atoms with Crippen LogP contribution in [0.5, 0.6) is 0 Å². The van der Waals surface area contributed by atoms with E-state index in [0.717, 1.165) is 36.2 Å². The number of carbonyl (C=O) groups is 1. The van der Waals surface area contributed by atoms with E-state index in [1.165, 1.54) is 12.5 Å². The molecule has 0 aliphatic carbocycles. The molecule has 1 aliphatic rings. The predicted octanol–water partition coefficient (Wildman–Crippen LogP) is 2.96. The zero-order chi connectivity index (χ0) is 16.4. The van der Waals surface area contributed by atoms with Crippen LogP contribution in [0.1, 0.15) is 24.5 Å². The molecule has 1 aliphatic heterocycles. The van der Waals surface area contributed by atoms with Crippen molar-refractivity contribution in [1.82, 2.24) is 4.98 Å². The van der Waals surface area contributed by atoms with Gasteiger partial charge in [-0.3, -0.25) is 4.79 Å². The highest BCUT2D eigenvalue weighted by molar-refractivity contribution is 5.87. The number of carbonyl (C=O) groups excluding carboxylic acids is 1. The summed E-state index contributed by atoms with van der Waals surface area (Å²) < 4.78 is 0. The molecular weight excluding hydrogens is 288 g/mol. The Balaban J connectivity index is 2.02. The van der Waals surface area contributed by atoms with Crippen molar-refractivity contribution in [3.8, 4) is 17.2 Å². The number of pyridine rings is 1. The van der Waals surface area contributed by atoms with Gasteiger partial charge in [-0.15, -0.1) is 0 Å². The van der Waals surface area contributed by atoms with Crippen LogP contribution < -0.4 is 10.2 Å². The number of nitriles is 1. The van der Waals surface area contributed by atoms with Crippen molar-refractivity contribution in [1.29, 1.82) is 5.26 Å². The molecule has 0 fully saturated rings. The van der Waals surface area contributed by atoms with Crippen LogP contribution in [-0.4, -0.2) is 24.5 Å². The summed E-state index contributed by atoms with van der Waals surface area (Å²) in [7, 11) is 2.06. The van der Waals surface area contributed by atoms with Crippen molar-refractivity contribution >= 4 is 17.4 Å². The molecule has 0 radical (unpaired) electrons. The summed E-state index contributed by atoms with van der Waals surface area (Å²) in [5, 5.41) is 12.1. The molecule has 1 aromatic heterocycles. The van der Waals surface area contributed by atoms with Gasteiger partial charge in [0.1, 0.15) is 5.82 Å². The predicted molar refractivity (Wildman–Crippen MR) is 90.3 cm³/mol. The van der Waals surface area contributed by atoms with E-state index in [9.17, 15) is 10.1 Å². The first-order chi connectivity index (χ1) is 11.1. The highest BCUT2D eigenvalue weighted by Gasteiger charge is 2.17. The first-order valence-electron chi connectivity index (χ1n) is 7.60. The summed E-state index contributed by atoms with van der Waals surface area (Å²) in [5.41, 5.74) is 4.82. The number of fused-ring (bicyclic) bond motifs is 1. The third kappa shape index (κ3) is 3.02. The van der Waals surface area contributed by atoms with Crippen LogP contribution >= 0.6 is 0 Å². The van der Waals surface area contributed by atoms with Crippen molar-refractivity contribution in [2.75, 3.05) is 23.8 Å². The molecule has 0 atom stereocenters. The van der Waals surface area contributed by atoms with Crippen molar-refractivity contribution in [3.63, 3.8) is 0 Å². The smallest absolute Gasteiger partial charge is 0.222 e. The Morgan fingerprint density at radius 1 is 1.39 bits per heavy atom. The third-order valence-electron chi connectivity index (χ3n) is 4.07. The summed E-state index contributed by atoms with van der Waals surface area (Å²) >= 11 is 0. The number of anilines is 2. The maximum absolute atomic E-state index is 11.1. The van der Waals surface area contributed by atoms with Gasteiger partial charge in [-0.05, 0) is 42.7 Å². The molecule has 1 amide bonds. The molecular formula is C18H18N4O. The Morgan fingerprint density at radius 3 is 2.87 bits per heavy atom. The topological polar surface area (TPSA) is 69.0 Å². The molecule has 2 aromatic rings. The van der Waals surface area contributed by atoms with Crippen molar-refractivity contribution in [2.24, 2.45) is 0 Å². The third-order valence-corrected chi connectivity index (χ3v) is 4.07. The number of amides is 1. The van der Waals surface area contributed by atoms with Crippen molar-refractivity contribution in [3.05, 3.63) is 41.6 Å². The minimum Gasteiger partial charge on any atom is -0.374 e. The normalized spacial score (nSPS) is 13.2. The molecule has 23 heavy (non-hydrogen) atoms. The SMILES string of the molecule is CC(=O)Nc1ccc(-c2cc3c(cc2C#N)N(C)CCC3)cn1. The van der Waals surface area contributed by atoms with Crippen molar-refractivity contribution < 1.29 is 4.79 Å². The lowest BCUT2D eigenvalue weighted by Gasteiger charge is -2.28. The molecule has 3 rings (SSSR count). The zero-order valence-corrected chi connectivity index (χ0v) is 13.3. The zero-order valence-electron chi connectivity index (χ0n) is 13.3. The minimum absolute atomic E-state index is 0.153.